The first-order valence-corrected chi connectivity index (χ1v) is 8.39. The highest BCUT2D eigenvalue weighted by Gasteiger charge is 2.09. The van der Waals surface area contributed by atoms with E-state index < -0.39 is 0 Å². The number of hydrogen-bond acceptors (Lipinski definition) is 1. The van der Waals surface area contributed by atoms with Crippen LogP contribution >= 0.6 is 15.9 Å². The third-order valence-electron chi connectivity index (χ3n) is 3.39. The van der Waals surface area contributed by atoms with E-state index in [1.165, 1.54) is 35.7 Å². The molecule has 1 unspecified atom stereocenters. The SMILES string of the molecule is CCCNC(CCCC(C)C)Cc1cccc(Br)c1. The lowest BCUT2D eigenvalue weighted by Crippen LogP contribution is -2.31. The van der Waals surface area contributed by atoms with Crippen LogP contribution in [0.3, 0.4) is 0 Å². The Morgan fingerprint density at radius 2 is 2.00 bits per heavy atom. The molecule has 0 aliphatic rings. The Morgan fingerprint density at radius 1 is 1.21 bits per heavy atom. The summed E-state index contributed by atoms with van der Waals surface area (Å²) >= 11 is 3.56. The number of rotatable bonds is 9. The van der Waals surface area contributed by atoms with Crippen molar-refractivity contribution in [3.8, 4) is 0 Å². The van der Waals surface area contributed by atoms with Gasteiger partial charge >= 0.3 is 0 Å². The van der Waals surface area contributed by atoms with Crippen LogP contribution in [0.5, 0.6) is 0 Å². The smallest absolute Gasteiger partial charge is 0.0178 e. The standard InChI is InChI=1S/C17H28BrN/c1-4-11-19-17(10-5-7-14(2)3)13-15-8-6-9-16(18)12-15/h6,8-9,12,14,17,19H,4-5,7,10-11,13H2,1-3H3. The summed E-state index contributed by atoms with van der Waals surface area (Å²) in [7, 11) is 0. The van der Waals surface area contributed by atoms with Crippen LogP contribution in [-0.2, 0) is 6.42 Å². The van der Waals surface area contributed by atoms with Crippen molar-refractivity contribution in [2.24, 2.45) is 5.92 Å². The summed E-state index contributed by atoms with van der Waals surface area (Å²) in [5, 5.41) is 3.70. The van der Waals surface area contributed by atoms with Crippen LogP contribution in [0.15, 0.2) is 28.7 Å². The average Bonchev–Trinajstić information content (AvgIpc) is 2.35. The van der Waals surface area contributed by atoms with Crippen molar-refractivity contribution in [1.82, 2.24) is 5.32 Å². The summed E-state index contributed by atoms with van der Waals surface area (Å²) in [6, 6.07) is 9.31. The van der Waals surface area contributed by atoms with Crippen molar-refractivity contribution >= 4 is 15.9 Å². The topological polar surface area (TPSA) is 12.0 Å². The molecular weight excluding hydrogens is 298 g/mol. The van der Waals surface area contributed by atoms with Gasteiger partial charge in [-0.15, -0.1) is 0 Å². The minimum atomic E-state index is 0.619. The molecule has 0 saturated heterocycles. The van der Waals surface area contributed by atoms with Gasteiger partial charge in [-0.3, -0.25) is 0 Å². The first-order valence-electron chi connectivity index (χ1n) is 7.59. The average molecular weight is 326 g/mol. The van der Waals surface area contributed by atoms with Crippen LogP contribution in [-0.4, -0.2) is 12.6 Å². The lowest BCUT2D eigenvalue weighted by atomic mass is 9.98. The molecule has 1 aromatic rings. The molecule has 0 bridgehead atoms. The van der Waals surface area contributed by atoms with Gasteiger partial charge in [-0.05, 0) is 49.4 Å². The van der Waals surface area contributed by atoms with Crippen LogP contribution in [0.2, 0.25) is 0 Å². The summed E-state index contributed by atoms with van der Waals surface area (Å²) in [5.74, 6) is 0.817. The second kappa shape index (κ2) is 9.55. The molecular formula is C17H28BrN. The second-order valence-electron chi connectivity index (χ2n) is 5.81. The molecule has 0 aromatic heterocycles. The summed E-state index contributed by atoms with van der Waals surface area (Å²) in [6.07, 6.45) is 6.29. The molecule has 0 spiro atoms. The fraction of sp³-hybridized carbons (Fsp3) is 0.647. The molecule has 1 atom stereocenters. The van der Waals surface area contributed by atoms with Gasteiger partial charge in [-0.25, -0.2) is 0 Å². The van der Waals surface area contributed by atoms with Crippen molar-refractivity contribution in [3.63, 3.8) is 0 Å². The fourth-order valence-electron chi connectivity index (χ4n) is 2.35. The van der Waals surface area contributed by atoms with Gasteiger partial charge in [0.2, 0.25) is 0 Å². The molecule has 108 valence electrons. The molecule has 0 amide bonds. The largest absolute Gasteiger partial charge is 0.314 e. The Kier molecular flexibility index (Phi) is 8.40. The van der Waals surface area contributed by atoms with E-state index in [1.807, 2.05) is 0 Å². The van der Waals surface area contributed by atoms with Crippen LogP contribution in [0.4, 0.5) is 0 Å². The zero-order valence-corrected chi connectivity index (χ0v) is 14.2. The molecule has 2 heteroatoms. The Balaban J connectivity index is 2.48. The van der Waals surface area contributed by atoms with E-state index >= 15 is 0 Å². The highest BCUT2D eigenvalue weighted by atomic mass is 79.9. The van der Waals surface area contributed by atoms with Gasteiger partial charge in [0, 0.05) is 10.5 Å². The first kappa shape index (κ1) is 16.7. The summed E-state index contributed by atoms with van der Waals surface area (Å²) in [4.78, 5) is 0. The van der Waals surface area contributed by atoms with Gasteiger partial charge in [0.05, 0.1) is 0 Å². The Bertz CT molecular complexity index is 349. The summed E-state index contributed by atoms with van der Waals surface area (Å²) in [6.45, 7) is 7.98. The molecule has 0 aliphatic carbocycles. The maximum Gasteiger partial charge on any atom is 0.0178 e. The van der Waals surface area contributed by atoms with Crippen molar-refractivity contribution < 1.29 is 0 Å². The Labute approximate surface area is 127 Å². The molecule has 19 heavy (non-hydrogen) atoms. The lowest BCUT2D eigenvalue weighted by Gasteiger charge is -2.19. The zero-order valence-electron chi connectivity index (χ0n) is 12.6. The lowest BCUT2D eigenvalue weighted by molar-refractivity contribution is 0.434. The van der Waals surface area contributed by atoms with Crippen LogP contribution in [0.25, 0.3) is 0 Å². The predicted octanol–water partition coefficient (Wildman–Crippen LogP) is 5.19. The molecule has 1 N–H and O–H groups in total. The van der Waals surface area contributed by atoms with Crippen LogP contribution in [0, 0.1) is 5.92 Å². The minimum absolute atomic E-state index is 0.619. The number of halogens is 1. The van der Waals surface area contributed by atoms with E-state index in [0.29, 0.717) is 6.04 Å². The van der Waals surface area contributed by atoms with Gasteiger partial charge in [-0.1, -0.05) is 61.7 Å². The van der Waals surface area contributed by atoms with Gasteiger partial charge in [0.1, 0.15) is 0 Å². The molecule has 1 nitrogen and oxygen atoms in total. The highest BCUT2D eigenvalue weighted by molar-refractivity contribution is 9.10. The van der Waals surface area contributed by atoms with E-state index in [1.54, 1.807) is 0 Å². The van der Waals surface area contributed by atoms with E-state index in [4.69, 9.17) is 0 Å². The number of nitrogens with one attached hydrogen (secondary N) is 1. The van der Waals surface area contributed by atoms with Gasteiger partial charge in [-0.2, -0.15) is 0 Å². The Morgan fingerprint density at radius 3 is 2.63 bits per heavy atom. The molecule has 1 aromatic carbocycles. The second-order valence-corrected chi connectivity index (χ2v) is 6.73. The molecule has 0 fully saturated rings. The van der Waals surface area contributed by atoms with Gasteiger partial charge < -0.3 is 5.32 Å². The third kappa shape index (κ3) is 7.74. The maximum atomic E-state index is 3.70. The molecule has 0 aliphatic heterocycles. The van der Waals surface area contributed by atoms with Gasteiger partial charge in [0.15, 0.2) is 0 Å². The van der Waals surface area contributed by atoms with Crippen molar-refractivity contribution in [2.75, 3.05) is 6.54 Å². The van der Waals surface area contributed by atoms with Gasteiger partial charge in [0.25, 0.3) is 0 Å². The zero-order chi connectivity index (χ0) is 14.1. The Hall–Kier alpha value is -0.340. The van der Waals surface area contributed by atoms with Crippen molar-refractivity contribution in [3.05, 3.63) is 34.3 Å². The van der Waals surface area contributed by atoms with Crippen molar-refractivity contribution in [1.29, 1.82) is 0 Å². The van der Waals surface area contributed by atoms with E-state index in [2.05, 4.69) is 66.3 Å². The molecule has 0 heterocycles. The van der Waals surface area contributed by atoms with Crippen LogP contribution < -0.4 is 5.32 Å². The van der Waals surface area contributed by atoms with E-state index in [-0.39, 0.29) is 0 Å². The summed E-state index contributed by atoms with van der Waals surface area (Å²) < 4.78 is 1.18. The highest BCUT2D eigenvalue weighted by Crippen LogP contribution is 2.16. The summed E-state index contributed by atoms with van der Waals surface area (Å²) in [5.41, 5.74) is 1.42. The van der Waals surface area contributed by atoms with E-state index in [9.17, 15) is 0 Å². The monoisotopic (exact) mass is 325 g/mol. The minimum Gasteiger partial charge on any atom is -0.314 e. The predicted molar refractivity (Wildman–Crippen MR) is 88.6 cm³/mol. The molecule has 0 radical (unpaired) electrons. The van der Waals surface area contributed by atoms with Crippen molar-refractivity contribution in [2.45, 2.75) is 58.9 Å². The maximum absolute atomic E-state index is 3.70. The fourth-order valence-corrected chi connectivity index (χ4v) is 2.79. The molecule has 1 rings (SSSR count). The molecule has 0 saturated carbocycles. The third-order valence-corrected chi connectivity index (χ3v) is 3.88. The number of hydrogen-bond donors (Lipinski definition) is 1. The van der Waals surface area contributed by atoms with Crippen LogP contribution in [0.1, 0.15) is 52.0 Å². The number of benzene rings is 1. The quantitative estimate of drug-likeness (QED) is 0.659. The normalized spacial score (nSPS) is 12.9. The van der Waals surface area contributed by atoms with E-state index in [0.717, 1.165) is 18.9 Å². The first-order chi connectivity index (χ1) is 9.11.